The van der Waals surface area contributed by atoms with Gasteiger partial charge in [0.25, 0.3) is 5.91 Å². The molecule has 1 atom stereocenters. The Hall–Kier alpha value is -2.34. The Morgan fingerprint density at radius 2 is 1.78 bits per heavy atom. The second-order valence-electron chi connectivity index (χ2n) is 7.17. The van der Waals surface area contributed by atoms with Gasteiger partial charge in [-0.1, -0.05) is 12.1 Å². The normalized spacial score (nSPS) is 17.6. The summed E-state index contributed by atoms with van der Waals surface area (Å²) >= 11 is 0. The maximum Gasteiger partial charge on any atom is 0.339 e. The summed E-state index contributed by atoms with van der Waals surface area (Å²) in [5, 5.41) is 0. The molecular formula is C21H25NO4S. The highest BCUT2D eigenvalue weighted by Gasteiger charge is 2.24. The van der Waals surface area contributed by atoms with Crippen LogP contribution in [0.1, 0.15) is 47.7 Å². The molecule has 144 valence electrons. The van der Waals surface area contributed by atoms with Crippen molar-refractivity contribution >= 4 is 16.0 Å². The fraction of sp³-hybridized carbons (Fsp3) is 0.381. The molecule has 2 aromatic rings. The molecule has 1 unspecified atom stereocenters. The van der Waals surface area contributed by atoms with E-state index in [-0.39, 0.29) is 22.6 Å². The highest BCUT2D eigenvalue weighted by molar-refractivity contribution is 7.87. The quantitative estimate of drug-likeness (QED) is 0.742. The van der Waals surface area contributed by atoms with Gasteiger partial charge in [-0.25, -0.2) is 0 Å². The third kappa shape index (κ3) is 4.33. The zero-order valence-electron chi connectivity index (χ0n) is 15.9. The fourth-order valence-electron chi connectivity index (χ4n) is 3.37. The summed E-state index contributed by atoms with van der Waals surface area (Å²) < 4.78 is 30.4. The molecule has 0 radical (unpaired) electrons. The average Bonchev–Trinajstić information content (AvgIpc) is 2.64. The third-order valence-electron chi connectivity index (χ3n) is 4.98. The van der Waals surface area contributed by atoms with Gasteiger partial charge >= 0.3 is 10.1 Å². The van der Waals surface area contributed by atoms with E-state index in [9.17, 15) is 13.2 Å². The molecule has 27 heavy (non-hydrogen) atoms. The van der Waals surface area contributed by atoms with Gasteiger partial charge in [-0.2, -0.15) is 8.42 Å². The van der Waals surface area contributed by atoms with Crippen LogP contribution in [0.2, 0.25) is 0 Å². The molecule has 2 aromatic carbocycles. The van der Waals surface area contributed by atoms with E-state index in [2.05, 4.69) is 6.92 Å². The number of benzene rings is 2. The number of hydrogen-bond donors (Lipinski definition) is 0. The van der Waals surface area contributed by atoms with E-state index >= 15 is 0 Å². The van der Waals surface area contributed by atoms with Gasteiger partial charge in [-0.3, -0.25) is 4.79 Å². The van der Waals surface area contributed by atoms with Gasteiger partial charge in [0.1, 0.15) is 10.6 Å². The Balaban J connectivity index is 1.77. The largest absolute Gasteiger partial charge is 0.379 e. The highest BCUT2D eigenvalue weighted by atomic mass is 32.2. The topological polar surface area (TPSA) is 63.7 Å². The van der Waals surface area contributed by atoms with Crippen LogP contribution in [0.3, 0.4) is 0 Å². The van der Waals surface area contributed by atoms with E-state index in [0.717, 1.165) is 31.4 Å². The molecule has 0 aliphatic carbocycles. The van der Waals surface area contributed by atoms with E-state index in [1.165, 1.54) is 12.1 Å². The molecule has 0 spiro atoms. The van der Waals surface area contributed by atoms with Crippen molar-refractivity contribution < 1.29 is 17.4 Å². The minimum Gasteiger partial charge on any atom is -0.379 e. The molecule has 1 aliphatic heterocycles. The fourth-order valence-corrected chi connectivity index (χ4v) is 4.61. The highest BCUT2D eigenvalue weighted by Crippen LogP contribution is 2.24. The molecule has 1 fully saturated rings. The van der Waals surface area contributed by atoms with Gasteiger partial charge in [0.15, 0.2) is 0 Å². The van der Waals surface area contributed by atoms with E-state index in [4.69, 9.17) is 4.18 Å². The number of hydrogen-bond acceptors (Lipinski definition) is 4. The van der Waals surface area contributed by atoms with Crippen molar-refractivity contribution in [2.24, 2.45) is 0 Å². The van der Waals surface area contributed by atoms with Gasteiger partial charge in [0, 0.05) is 18.2 Å². The summed E-state index contributed by atoms with van der Waals surface area (Å²) in [6.07, 6.45) is 3.18. The van der Waals surface area contributed by atoms with Crippen LogP contribution in [0.5, 0.6) is 5.75 Å². The lowest BCUT2D eigenvalue weighted by Crippen LogP contribution is -2.41. The summed E-state index contributed by atoms with van der Waals surface area (Å²) in [6, 6.07) is 11.8. The number of likely N-dealkylation sites (tertiary alicyclic amines) is 1. The molecule has 3 rings (SSSR count). The Morgan fingerprint density at radius 3 is 2.44 bits per heavy atom. The number of nitrogens with zero attached hydrogens (tertiary/aromatic N) is 1. The van der Waals surface area contributed by atoms with E-state index < -0.39 is 10.1 Å². The van der Waals surface area contributed by atoms with E-state index in [0.29, 0.717) is 11.1 Å². The smallest absolute Gasteiger partial charge is 0.339 e. The lowest BCUT2D eigenvalue weighted by molar-refractivity contribution is 0.0635. The minimum atomic E-state index is -3.92. The number of aryl methyl sites for hydroxylation is 2. The Labute approximate surface area is 161 Å². The number of amides is 1. The van der Waals surface area contributed by atoms with Gasteiger partial charge in [-0.05, 0) is 81.5 Å². The maximum atomic E-state index is 12.7. The van der Waals surface area contributed by atoms with Gasteiger partial charge in [-0.15, -0.1) is 0 Å². The average molecular weight is 388 g/mol. The van der Waals surface area contributed by atoms with Crippen molar-refractivity contribution in [1.82, 2.24) is 4.90 Å². The second kappa shape index (κ2) is 7.72. The standard InChI is InChI=1S/C21H25NO4S/c1-15-7-8-16(2)20(14-15)27(24,25)26-19-11-9-18(10-12-19)21(23)22-13-5-4-6-17(22)3/h7-12,14,17H,4-6,13H2,1-3H3. The molecule has 0 bridgehead atoms. The second-order valence-corrected chi connectivity index (χ2v) is 8.69. The molecule has 0 N–H and O–H groups in total. The summed E-state index contributed by atoms with van der Waals surface area (Å²) in [5.74, 6) is 0.172. The van der Waals surface area contributed by atoms with Crippen LogP contribution in [0.15, 0.2) is 47.4 Å². The van der Waals surface area contributed by atoms with Crippen LogP contribution in [0.4, 0.5) is 0 Å². The number of carbonyl (C=O) groups excluding carboxylic acids is 1. The first kappa shape index (κ1) is 19.4. The first-order valence-corrected chi connectivity index (χ1v) is 10.6. The predicted octanol–water partition coefficient (Wildman–Crippen LogP) is 4.09. The molecule has 0 aromatic heterocycles. The molecule has 1 saturated heterocycles. The first-order chi connectivity index (χ1) is 12.8. The maximum absolute atomic E-state index is 12.7. The number of carbonyl (C=O) groups is 1. The van der Waals surface area contributed by atoms with E-state index in [1.807, 2.05) is 17.9 Å². The van der Waals surface area contributed by atoms with Crippen LogP contribution in [-0.4, -0.2) is 31.8 Å². The van der Waals surface area contributed by atoms with Crippen molar-refractivity contribution in [1.29, 1.82) is 0 Å². The number of piperidine rings is 1. The van der Waals surface area contributed by atoms with Gasteiger partial charge in [0.05, 0.1) is 0 Å². The molecule has 1 heterocycles. The van der Waals surface area contributed by atoms with Gasteiger partial charge in [0.2, 0.25) is 0 Å². The molecule has 0 saturated carbocycles. The number of rotatable bonds is 4. The zero-order valence-corrected chi connectivity index (χ0v) is 16.8. The lowest BCUT2D eigenvalue weighted by atomic mass is 10.0. The minimum absolute atomic E-state index is 0.0221. The van der Waals surface area contributed by atoms with Crippen LogP contribution in [0, 0.1) is 13.8 Å². The Bertz CT molecular complexity index is 935. The van der Waals surface area contributed by atoms with Gasteiger partial charge < -0.3 is 9.08 Å². The van der Waals surface area contributed by atoms with Crippen molar-refractivity contribution in [3.05, 3.63) is 59.2 Å². The predicted molar refractivity (Wildman–Crippen MR) is 105 cm³/mol. The summed E-state index contributed by atoms with van der Waals surface area (Å²) in [5.41, 5.74) is 2.02. The lowest BCUT2D eigenvalue weighted by Gasteiger charge is -2.33. The third-order valence-corrected chi connectivity index (χ3v) is 6.37. The summed E-state index contributed by atoms with van der Waals surface area (Å²) in [6.45, 7) is 6.39. The van der Waals surface area contributed by atoms with Crippen LogP contribution < -0.4 is 4.18 Å². The Kier molecular flexibility index (Phi) is 5.56. The van der Waals surface area contributed by atoms with Crippen LogP contribution in [0.25, 0.3) is 0 Å². The monoisotopic (exact) mass is 387 g/mol. The SMILES string of the molecule is Cc1ccc(C)c(S(=O)(=O)Oc2ccc(C(=O)N3CCCCC3C)cc2)c1. The molecule has 5 nitrogen and oxygen atoms in total. The first-order valence-electron chi connectivity index (χ1n) is 9.21. The van der Waals surface area contributed by atoms with Crippen LogP contribution in [-0.2, 0) is 10.1 Å². The summed E-state index contributed by atoms with van der Waals surface area (Å²) in [4.78, 5) is 14.7. The molecule has 6 heteroatoms. The zero-order chi connectivity index (χ0) is 19.6. The molecular weight excluding hydrogens is 362 g/mol. The van der Waals surface area contributed by atoms with Crippen molar-refractivity contribution in [2.75, 3.05) is 6.54 Å². The van der Waals surface area contributed by atoms with Crippen molar-refractivity contribution in [3.8, 4) is 5.75 Å². The van der Waals surface area contributed by atoms with Crippen molar-refractivity contribution in [3.63, 3.8) is 0 Å². The van der Waals surface area contributed by atoms with Crippen LogP contribution >= 0.6 is 0 Å². The molecule has 1 amide bonds. The van der Waals surface area contributed by atoms with E-state index in [1.54, 1.807) is 31.2 Å². The molecule has 1 aliphatic rings. The Morgan fingerprint density at radius 1 is 1.07 bits per heavy atom. The summed E-state index contributed by atoms with van der Waals surface area (Å²) in [7, 11) is -3.92. The van der Waals surface area contributed by atoms with Crippen molar-refractivity contribution in [2.45, 2.75) is 51.0 Å².